The summed E-state index contributed by atoms with van der Waals surface area (Å²) in [6, 6.07) is 8.44. The molecule has 1 N–H and O–H groups in total. The predicted octanol–water partition coefficient (Wildman–Crippen LogP) is 4.07. The molecule has 3 nitrogen and oxygen atoms in total. The number of imidazole rings is 1. The molecule has 116 valence electrons. The largest absolute Gasteiger partial charge is 0.327 e. The molecule has 21 heavy (non-hydrogen) atoms. The van der Waals surface area contributed by atoms with E-state index in [-0.39, 0.29) is 0 Å². The molecular weight excluding hydrogens is 278 g/mol. The summed E-state index contributed by atoms with van der Waals surface area (Å²) in [6.07, 6.45) is 7.23. The number of hydrogen-bond donors (Lipinski definition) is 1. The summed E-state index contributed by atoms with van der Waals surface area (Å²) in [4.78, 5) is 4.78. The maximum Gasteiger partial charge on any atom is 0.123 e. The van der Waals surface area contributed by atoms with Crippen LogP contribution in [0.25, 0.3) is 11.0 Å². The fourth-order valence-corrected chi connectivity index (χ4v) is 3.10. The van der Waals surface area contributed by atoms with Crippen LogP contribution in [0.2, 0.25) is 0 Å². The molecule has 0 aliphatic carbocycles. The normalized spacial score (nSPS) is 11.3. The minimum atomic E-state index is 0.872. The van der Waals surface area contributed by atoms with Gasteiger partial charge in [-0.3, -0.25) is 0 Å². The molecule has 0 spiro atoms. The summed E-state index contributed by atoms with van der Waals surface area (Å²) in [5.74, 6) is 2.45. The van der Waals surface area contributed by atoms with Crippen LogP contribution in [0, 0.1) is 0 Å². The van der Waals surface area contributed by atoms with Crippen molar-refractivity contribution in [2.24, 2.45) is 0 Å². The lowest BCUT2D eigenvalue weighted by atomic mass is 10.2. The summed E-state index contributed by atoms with van der Waals surface area (Å²) in [5, 5.41) is 3.55. The number of aromatic nitrogens is 2. The van der Waals surface area contributed by atoms with Gasteiger partial charge in [0.2, 0.25) is 0 Å². The highest BCUT2D eigenvalue weighted by Gasteiger charge is 2.08. The maximum atomic E-state index is 4.78. The zero-order chi connectivity index (χ0) is 14.9. The first-order valence-corrected chi connectivity index (χ1v) is 9.40. The van der Waals surface area contributed by atoms with Crippen molar-refractivity contribution >= 4 is 22.8 Å². The standard InChI is InChI=1S/C17H27N3S/c1-3-12-20-16-10-6-5-9-15(16)19-17(20)14-18-11-7-4-8-13-21-2/h5-6,9-10,18H,3-4,7-8,11-14H2,1-2H3. The monoisotopic (exact) mass is 305 g/mol. The number of rotatable bonds is 10. The summed E-state index contributed by atoms with van der Waals surface area (Å²) in [7, 11) is 0. The van der Waals surface area contributed by atoms with Crippen LogP contribution < -0.4 is 5.32 Å². The van der Waals surface area contributed by atoms with Crippen LogP contribution >= 0.6 is 11.8 Å². The van der Waals surface area contributed by atoms with E-state index in [1.165, 1.54) is 36.4 Å². The molecule has 0 bridgehead atoms. The minimum absolute atomic E-state index is 0.872. The van der Waals surface area contributed by atoms with Gasteiger partial charge in [-0.05, 0) is 49.9 Å². The topological polar surface area (TPSA) is 29.9 Å². The van der Waals surface area contributed by atoms with Gasteiger partial charge in [-0.2, -0.15) is 11.8 Å². The first-order chi connectivity index (χ1) is 10.4. The number of unbranched alkanes of at least 4 members (excludes halogenated alkanes) is 2. The molecule has 0 fully saturated rings. The van der Waals surface area contributed by atoms with Gasteiger partial charge in [0.25, 0.3) is 0 Å². The van der Waals surface area contributed by atoms with Gasteiger partial charge < -0.3 is 9.88 Å². The lowest BCUT2D eigenvalue weighted by Gasteiger charge is -2.08. The maximum absolute atomic E-state index is 4.78. The molecule has 0 unspecified atom stereocenters. The molecule has 4 heteroatoms. The second-order valence-electron chi connectivity index (χ2n) is 5.40. The second-order valence-corrected chi connectivity index (χ2v) is 6.38. The summed E-state index contributed by atoms with van der Waals surface area (Å²) in [5.41, 5.74) is 2.37. The van der Waals surface area contributed by atoms with E-state index >= 15 is 0 Å². The number of aryl methyl sites for hydroxylation is 1. The average molecular weight is 305 g/mol. The van der Waals surface area contributed by atoms with Crippen molar-refractivity contribution in [1.29, 1.82) is 0 Å². The van der Waals surface area contributed by atoms with E-state index in [9.17, 15) is 0 Å². The third-order valence-electron chi connectivity index (χ3n) is 3.67. The van der Waals surface area contributed by atoms with Crippen molar-refractivity contribution in [3.8, 4) is 0 Å². The Hall–Kier alpha value is -1.00. The van der Waals surface area contributed by atoms with Crippen molar-refractivity contribution in [3.05, 3.63) is 30.1 Å². The van der Waals surface area contributed by atoms with E-state index in [0.717, 1.165) is 31.6 Å². The Morgan fingerprint density at radius 1 is 1.19 bits per heavy atom. The van der Waals surface area contributed by atoms with Gasteiger partial charge in [-0.15, -0.1) is 0 Å². The number of para-hydroxylation sites is 2. The first kappa shape index (κ1) is 16.4. The molecule has 0 saturated carbocycles. The van der Waals surface area contributed by atoms with Crippen LogP contribution in [0.3, 0.4) is 0 Å². The van der Waals surface area contributed by atoms with E-state index in [0.29, 0.717) is 0 Å². The fourth-order valence-electron chi connectivity index (χ4n) is 2.61. The van der Waals surface area contributed by atoms with Gasteiger partial charge in [-0.25, -0.2) is 4.98 Å². The number of hydrogen-bond acceptors (Lipinski definition) is 3. The number of nitrogens with one attached hydrogen (secondary N) is 1. The summed E-state index contributed by atoms with van der Waals surface area (Å²) >= 11 is 1.94. The Morgan fingerprint density at radius 3 is 2.86 bits per heavy atom. The Bertz CT molecular complexity index is 536. The molecule has 0 saturated heterocycles. The third kappa shape index (κ3) is 4.75. The van der Waals surface area contributed by atoms with E-state index in [1.54, 1.807) is 0 Å². The van der Waals surface area contributed by atoms with Crippen LogP contribution in [-0.2, 0) is 13.1 Å². The molecule has 0 radical (unpaired) electrons. The first-order valence-electron chi connectivity index (χ1n) is 8.00. The molecule has 2 rings (SSSR count). The van der Waals surface area contributed by atoms with E-state index in [4.69, 9.17) is 4.98 Å². The molecule has 0 amide bonds. The Morgan fingerprint density at radius 2 is 2.05 bits per heavy atom. The van der Waals surface area contributed by atoms with Crippen molar-refractivity contribution in [1.82, 2.24) is 14.9 Å². The highest BCUT2D eigenvalue weighted by molar-refractivity contribution is 7.98. The van der Waals surface area contributed by atoms with Gasteiger partial charge >= 0.3 is 0 Å². The zero-order valence-corrected chi connectivity index (χ0v) is 14.1. The Balaban J connectivity index is 1.87. The van der Waals surface area contributed by atoms with Crippen molar-refractivity contribution in [2.75, 3.05) is 18.6 Å². The quantitative estimate of drug-likeness (QED) is 0.671. The summed E-state index contributed by atoms with van der Waals surface area (Å²) < 4.78 is 2.36. The predicted molar refractivity (Wildman–Crippen MR) is 94.0 cm³/mol. The number of benzene rings is 1. The second kappa shape index (κ2) is 9.11. The molecular formula is C17H27N3S. The fraction of sp³-hybridized carbons (Fsp3) is 0.588. The van der Waals surface area contributed by atoms with Gasteiger partial charge in [0, 0.05) is 6.54 Å². The summed E-state index contributed by atoms with van der Waals surface area (Å²) in [6.45, 7) is 5.23. The molecule has 2 aromatic rings. The highest BCUT2D eigenvalue weighted by Crippen LogP contribution is 2.16. The van der Waals surface area contributed by atoms with Gasteiger partial charge in [-0.1, -0.05) is 25.5 Å². The highest BCUT2D eigenvalue weighted by atomic mass is 32.2. The Kier molecular flexibility index (Phi) is 7.10. The van der Waals surface area contributed by atoms with E-state index in [1.807, 2.05) is 11.8 Å². The Labute approximate surface area is 132 Å². The van der Waals surface area contributed by atoms with Crippen LogP contribution in [0.15, 0.2) is 24.3 Å². The van der Waals surface area contributed by atoms with Crippen molar-refractivity contribution in [2.45, 2.75) is 45.7 Å². The number of nitrogens with zero attached hydrogens (tertiary/aromatic N) is 2. The average Bonchev–Trinajstić information content (AvgIpc) is 2.85. The van der Waals surface area contributed by atoms with Crippen LogP contribution in [0.4, 0.5) is 0 Å². The molecule has 1 aromatic heterocycles. The van der Waals surface area contributed by atoms with Crippen molar-refractivity contribution < 1.29 is 0 Å². The molecule has 0 aliphatic rings. The van der Waals surface area contributed by atoms with Gasteiger partial charge in [0.1, 0.15) is 5.82 Å². The van der Waals surface area contributed by atoms with Crippen LogP contribution in [0.1, 0.15) is 38.4 Å². The van der Waals surface area contributed by atoms with E-state index in [2.05, 4.69) is 47.3 Å². The van der Waals surface area contributed by atoms with Crippen molar-refractivity contribution in [3.63, 3.8) is 0 Å². The lowest BCUT2D eigenvalue weighted by molar-refractivity contribution is 0.574. The number of fused-ring (bicyclic) bond motifs is 1. The molecule has 1 heterocycles. The van der Waals surface area contributed by atoms with Crippen LogP contribution in [-0.4, -0.2) is 28.1 Å². The van der Waals surface area contributed by atoms with E-state index < -0.39 is 0 Å². The smallest absolute Gasteiger partial charge is 0.123 e. The zero-order valence-electron chi connectivity index (χ0n) is 13.3. The van der Waals surface area contributed by atoms with Crippen LogP contribution in [0.5, 0.6) is 0 Å². The lowest BCUT2D eigenvalue weighted by Crippen LogP contribution is -2.18. The molecule has 0 aliphatic heterocycles. The van der Waals surface area contributed by atoms with Gasteiger partial charge in [0.05, 0.1) is 17.6 Å². The third-order valence-corrected chi connectivity index (χ3v) is 4.36. The molecule has 1 aromatic carbocycles. The SMILES string of the molecule is CCCn1c(CNCCCCCSC)nc2ccccc21. The number of thioether (sulfide) groups is 1. The van der Waals surface area contributed by atoms with Gasteiger partial charge in [0.15, 0.2) is 0 Å². The molecule has 0 atom stereocenters. The minimum Gasteiger partial charge on any atom is -0.327 e.